The van der Waals surface area contributed by atoms with Gasteiger partial charge in [-0.2, -0.15) is 0 Å². The fourth-order valence-corrected chi connectivity index (χ4v) is 5.32. The van der Waals surface area contributed by atoms with Crippen LogP contribution in [0.3, 0.4) is 0 Å². The van der Waals surface area contributed by atoms with Crippen molar-refractivity contribution in [3.05, 3.63) is 97.1 Å². The Morgan fingerprint density at radius 1 is 0.765 bits per heavy atom. The minimum Gasteiger partial charge on any atom is -0.274 e. The van der Waals surface area contributed by atoms with Crippen molar-refractivity contribution in [3.63, 3.8) is 0 Å². The van der Waals surface area contributed by atoms with E-state index in [1.54, 1.807) is 0 Å². The molecule has 1 saturated heterocycles. The van der Waals surface area contributed by atoms with Crippen molar-refractivity contribution in [2.24, 2.45) is 0 Å². The van der Waals surface area contributed by atoms with Gasteiger partial charge >= 0.3 is 0 Å². The predicted molar refractivity (Wildman–Crippen MR) is 136 cm³/mol. The zero-order chi connectivity index (χ0) is 23.1. The maximum atomic E-state index is 13.3. The molecule has 2 heterocycles. The summed E-state index contributed by atoms with van der Waals surface area (Å²) in [6.45, 7) is 0. The molecule has 1 fully saturated rings. The van der Waals surface area contributed by atoms with Crippen LogP contribution < -0.4 is 4.90 Å². The summed E-state index contributed by atoms with van der Waals surface area (Å²) >= 11 is 1.25. The number of carbonyl (C=O) groups is 2. The molecule has 0 radical (unpaired) electrons. The Kier molecular flexibility index (Phi) is 5.08. The smallest absolute Gasteiger partial charge is 0.247 e. The number of hydrogen-bond donors (Lipinski definition) is 0. The van der Waals surface area contributed by atoms with Crippen LogP contribution in [0.1, 0.15) is 6.42 Å². The van der Waals surface area contributed by atoms with Gasteiger partial charge in [-0.3, -0.25) is 9.59 Å². The largest absolute Gasteiger partial charge is 0.274 e. The van der Waals surface area contributed by atoms with Gasteiger partial charge in [-0.25, -0.2) is 14.9 Å². The molecule has 4 aromatic carbocycles. The molecule has 1 aliphatic rings. The van der Waals surface area contributed by atoms with E-state index in [0.717, 1.165) is 32.9 Å². The third kappa shape index (κ3) is 3.62. The fourth-order valence-electron chi connectivity index (χ4n) is 4.33. The molecule has 1 aliphatic heterocycles. The highest BCUT2D eigenvalue weighted by molar-refractivity contribution is 8.00. The molecule has 2 amide bonds. The molecule has 0 unspecified atom stereocenters. The molecule has 164 valence electrons. The van der Waals surface area contributed by atoms with Crippen molar-refractivity contribution in [2.45, 2.75) is 16.8 Å². The van der Waals surface area contributed by atoms with Crippen LogP contribution in [0.2, 0.25) is 0 Å². The van der Waals surface area contributed by atoms with Gasteiger partial charge in [0.1, 0.15) is 5.25 Å². The summed E-state index contributed by atoms with van der Waals surface area (Å²) in [6.07, 6.45) is 0.118. The van der Waals surface area contributed by atoms with Crippen LogP contribution in [0.25, 0.3) is 32.9 Å². The number of thioether (sulfide) groups is 1. The summed E-state index contributed by atoms with van der Waals surface area (Å²) < 4.78 is 0. The highest BCUT2D eigenvalue weighted by Gasteiger charge is 2.40. The number of benzene rings is 4. The number of carbonyl (C=O) groups excluding carboxylic acids is 2. The quantitative estimate of drug-likeness (QED) is 0.247. The zero-order valence-corrected chi connectivity index (χ0v) is 18.9. The molecule has 0 aliphatic carbocycles. The monoisotopic (exact) mass is 461 g/mol. The minimum absolute atomic E-state index is 0.118. The van der Waals surface area contributed by atoms with E-state index >= 15 is 0 Å². The van der Waals surface area contributed by atoms with E-state index in [9.17, 15) is 9.59 Å². The van der Waals surface area contributed by atoms with E-state index in [-0.39, 0.29) is 18.2 Å². The lowest BCUT2D eigenvalue weighted by Gasteiger charge is -2.16. The molecule has 5 nitrogen and oxygen atoms in total. The molecule has 34 heavy (non-hydrogen) atoms. The summed E-state index contributed by atoms with van der Waals surface area (Å²) in [5, 5.41) is 2.92. The third-order valence-corrected chi connectivity index (χ3v) is 7.02. The van der Waals surface area contributed by atoms with Crippen LogP contribution in [0.4, 0.5) is 5.69 Å². The van der Waals surface area contributed by atoms with Crippen LogP contribution in [0.15, 0.2) is 102 Å². The highest BCUT2D eigenvalue weighted by atomic mass is 32.2. The van der Waals surface area contributed by atoms with E-state index in [2.05, 4.69) is 0 Å². The second-order valence-electron chi connectivity index (χ2n) is 8.15. The van der Waals surface area contributed by atoms with Crippen molar-refractivity contribution < 1.29 is 9.59 Å². The minimum atomic E-state index is -0.566. The topological polar surface area (TPSA) is 63.2 Å². The second kappa shape index (κ2) is 8.39. The van der Waals surface area contributed by atoms with Gasteiger partial charge < -0.3 is 0 Å². The Labute approximate surface area is 200 Å². The first-order valence-corrected chi connectivity index (χ1v) is 11.9. The van der Waals surface area contributed by atoms with Gasteiger partial charge in [0, 0.05) is 17.4 Å². The number of para-hydroxylation sites is 1. The van der Waals surface area contributed by atoms with Gasteiger partial charge in [0.15, 0.2) is 5.16 Å². The molecular formula is C28H19N3O2S. The maximum Gasteiger partial charge on any atom is 0.247 e. The summed E-state index contributed by atoms with van der Waals surface area (Å²) in [5.74, 6) is -0.440. The van der Waals surface area contributed by atoms with E-state index < -0.39 is 5.25 Å². The molecule has 6 heteroatoms. The van der Waals surface area contributed by atoms with Crippen molar-refractivity contribution in [3.8, 4) is 11.3 Å². The Morgan fingerprint density at radius 3 is 2.35 bits per heavy atom. The molecular weight excluding hydrogens is 442 g/mol. The number of amides is 2. The van der Waals surface area contributed by atoms with E-state index in [0.29, 0.717) is 10.8 Å². The molecule has 1 atom stereocenters. The van der Waals surface area contributed by atoms with Gasteiger partial charge in [-0.15, -0.1) is 0 Å². The molecule has 5 aromatic rings. The lowest BCUT2D eigenvalue weighted by molar-refractivity contribution is -0.121. The van der Waals surface area contributed by atoms with Crippen LogP contribution in [0, 0.1) is 0 Å². The number of nitrogens with zero attached hydrogens (tertiary/aromatic N) is 3. The molecule has 1 aromatic heterocycles. The molecule has 0 saturated carbocycles. The van der Waals surface area contributed by atoms with Crippen molar-refractivity contribution >= 4 is 50.9 Å². The number of anilines is 1. The van der Waals surface area contributed by atoms with E-state index in [1.807, 2.05) is 97.1 Å². The fraction of sp³-hybridized carbons (Fsp3) is 0.0714. The third-order valence-electron chi connectivity index (χ3n) is 5.97. The van der Waals surface area contributed by atoms with Gasteiger partial charge in [0.2, 0.25) is 11.8 Å². The lowest BCUT2D eigenvalue weighted by Crippen LogP contribution is -2.31. The standard InChI is InChI=1S/C28H19N3O2S/c32-25-17-24(27(33)31(25)21-15-14-18-8-4-5-11-20(18)16-21)34-28-29-23-13-7-6-12-22(23)26(30-28)19-9-2-1-3-10-19/h1-16,24H,17H2/t24-/m1/s1. The van der Waals surface area contributed by atoms with Gasteiger partial charge in [-0.1, -0.05) is 90.6 Å². The molecule has 0 bridgehead atoms. The first-order chi connectivity index (χ1) is 16.7. The van der Waals surface area contributed by atoms with Crippen LogP contribution in [0.5, 0.6) is 0 Å². The summed E-state index contributed by atoms with van der Waals surface area (Å²) in [7, 11) is 0. The normalized spacial score (nSPS) is 16.0. The van der Waals surface area contributed by atoms with Gasteiger partial charge in [0.25, 0.3) is 0 Å². The van der Waals surface area contributed by atoms with Crippen LogP contribution >= 0.6 is 11.8 Å². The first kappa shape index (κ1) is 20.6. The molecule has 0 spiro atoms. The van der Waals surface area contributed by atoms with E-state index in [4.69, 9.17) is 9.97 Å². The number of fused-ring (bicyclic) bond motifs is 2. The average Bonchev–Trinajstić information content (AvgIpc) is 3.16. The first-order valence-electron chi connectivity index (χ1n) is 11.0. The number of rotatable bonds is 4. The van der Waals surface area contributed by atoms with E-state index in [1.165, 1.54) is 16.7 Å². The summed E-state index contributed by atoms with van der Waals surface area (Å²) in [5.41, 5.74) is 3.20. The number of imide groups is 1. The Morgan fingerprint density at radius 2 is 1.50 bits per heavy atom. The zero-order valence-electron chi connectivity index (χ0n) is 18.1. The maximum absolute atomic E-state index is 13.3. The van der Waals surface area contributed by atoms with Crippen LogP contribution in [-0.4, -0.2) is 27.0 Å². The highest BCUT2D eigenvalue weighted by Crippen LogP contribution is 2.36. The Bertz CT molecular complexity index is 1570. The van der Waals surface area contributed by atoms with Crippen molar-refractivity contribution in [2.75, 3.05) is 4.90 Å². The van der Waals surface area contributed by atoms with Crippen LogP contribution in [-0.2, 0) is 9.59 Å². The summed E-state index contributed by atoms with van der Waals surface area (Å²) in [4.78, 5) is 37.0. The lowest BCUT2D eigenvalue weighted by atomic mass is 10.1. The number of hydrogen-bond acceptors (Lipinski definition) is 5. The molecule has 6 rings (SSSR count). The van der Waals surface area contributed by atoms with Crippen molar-refractivity contribution in [1.82, 2.24) is 9.97 Å². The average molecular weight is 462 g/mol. The molecule has 0 N–H and O–H groups in total. The Hall–Kier alpha value is -4.03. The summed E-state index contributed by atoms with van der Waals surface area (Å²) in [6, 6.07) is 31.3. The van der Waals surface area contributed by atoms with Gasteiger partial charge in [-0.05, 0) is 29.0 Å². The van der Waals surface area contributed by atoms with Crippen molar-refractivity contribution in [1.29, 1.82) is 0 Å². The number of aromatic nitrogens is 2. The predicted octanol–water partition coefficient (Wildman–Crippen LogP) is 5.87. The Balaban J connectivity index is 1.34. The second-order valence-corrected chi connectivity index (χ2v) is 9.32. The SMILES string of the molecule is O=C1C[C@@H](Sc2nc(-c3ccccc3)c3ccccc3n2)C(=O)N1c1ccc2ccccc2c1. The van der Waals surface area contributed by atoms with Gasteiger partial charge in [0.05, 0.1) is 16.9 Å².